The number of aliphatic hydroxyl groups excluding tert-OH is 1. The van der Waals surface area contributed by atoms with Crippen molar-refractivity contribution in [3.8, 4) is 0 Å². The van der Waals surface area contributed by atoms with Gasteiger partial charge in [-0.15, -0.1) is 0 Å². The maximum absolute atomic E-state index is 13.1. The van der Waals surface area contributed by atoms with Gasteiger partial charge in [-0.1, -0.05) is 13.8 Å². The quantitative estimate of drug-likeness (QED) is 0.858. The Labute approximate surface area is 135 Å². The molecule has 1 amide bonds. The molecule has 7 heteroatoms. The zero-order valence-corrected chi connectivity index (χ0v) is 13.7. The second-order valence-electron chi connectivity index (χ2n) is 7.13. The highest BCUT2D eigenvalue weighted by Gasteiger charge is 2.51. The predicted octanol–water partition coefficient (Wildman–Crippen LogP) is 2.74. The molecular formula is C16H26F3NO3. The van der Waals surface area contributed by atoms with Gasteiger partial charge in [0.05, 0.1) is 0 Å². The Kier molecular flexibility index (Phi) is 5.61. The normalized spacial score (nSPS) is 30.0. The lowest BCUT2D eigenvalue weighted by molar-refractivity contribution is -0.192. The Balaban J connectivity index is 2.22. The van der Waals surface area contributed by atoms with Crippen LogP contribution >= 0.6 is 0 Å². The van der Waals surface area contributed by atoms with Crippen molar-refractivity contribution in [2.45, 2.75) is 64.2 Å². The van der Waals surface area contributed by atoms with Gasteiger partial charge >= 0.3 is 12.1 Å². The molecule has 0 radical (unpaired) electrons. The average Bonchev–Trinajstić information content (AvgIpc) is 2.93. The van der Waals surface area contributed by atoms with E-state index in [9.17, 15) is 23.1 Å². The summed E-state index contributed by atoms with van der Waals surface area (Å²) in [6, 6.07) is -0.883. The highest BCUT2D eigenvalue weighted by Crippen LogP contribution is 2.47. The molecule has 134 valence electrons. The molecule has 0 aromatic heterocycles. The van der Waals surface area contributed by atoms with Crippen LogP contribution in [0.2, 0.25) is 0 Å². The third kappa shape index (κ3) is 3.82. The fraction of sp³-hybridized carbons (Fsp3) is 0.938. The number of hydrogen-bond donors (Lipinski definition) is 1. The van der Waals surface area contributed by atoms with Gasteiger partial charge in [0.15, 0.2) is 0 Å². The summed E-state index contributed by atoms with van der Waals surface area (Å²) in [6.45, 7) is 4.66. The summed E-state index contributed by atoms with van der Waals surface area (Å²) in [4.78, 5) is 13.1. The average molecular weight is 337 g/mol. The van der Waals surface area contributed by atoms with E-state index in [1.807, 2.05) is 13.8 Å². The first-order valence-electron chi connectivity index (χ1n) is 8.29. The predicted molar refractivity (Wildman–Crippen MR) is 78.7 cm³/mol. The van der Waals surface area contributed by atoms with Crippen LogP contribution in [0.1, 0.15) is 46.0 Å². The molecule has 1 unspecified atom stereocenters. The molecule has 4 nitrogen and oxygen atoms in total. The fourth-order valence-corrected chi connectivity index (χ4v) is 3.95. The maximum Gasteiger partial charge on any atom is 0.471 e. The van der Waals surface area contributed by atoms with Gasteiger partial charge in [0, 0.05) is 31.9 Å². The lowest BCUT2D eigenvalue weighted by atomic mass is 9.76. The van der Waals surface area contributed by atoms with E-state index in [0.717, 1.165) is 4.90 Å². The van der Waals surface area contributed by atoms with Crippen molar-refractivity contribution >= 4 is 5.91 Å². The van der Waals surface area contributed by atoms with Crippen LogP contribution in [0.25, 0.3) is 0 Å². The number of alkyl halides is 3. The van der Waals surface area contributed by atoms with E-state index in [4.69, 9.17) is 4.74 Å². The molecule has 2 atom stereocenters. The molecule has 0 spiro atoms. The van der Waals surface area contributed by atoms with E-state index in [2.05, 4.69) is 0 Å². The van der Waals surface area contributed by atoms with Crippen molar-refractivity contribution in [1.82, 2.24) is 4.90 Å². The number of rotatable bonds is 4. The van der Waals surface area contributed by atoms with E-state index in [1.165, 1.54) is 0 Å². The lowest BCUT2D eigenvalue weighted by Gasteiger charge is -2.40. The molecule has 1 heterocycles. The lowest BCUT2D eigenvalue weighted by Crippen LogP contribution is -2.53. The van der Waals surface area contributed by atoms with Crippen molar-refractivity contribution < 1.29 is 27.8 Å². The van der Waals surface area contributed by atoms with Crippen LogP contribution in [0, 0.1) is 11.3 Å². The number of amides is 1. The Hall–Kier alpha value is -0.820. The zero-order chi connectivity index (χ0) is 17.3. The summed E-state index contributed by atoms with van der Waals surface area (Å²) in [5.74, 6) is -1.58. The van der Waals surface area contributed by atoms with Gasteiger partial charge in [0.1, 0.15) is 0 Å². The first-order valence-corrected chi connectivity index (χ1v) is 8.29. The highest BCUT2D eigenvalue weighted by molar-refractivity contribution is 5.82. The molecule has 0 aromatic carbocycles. The van der Waals surface area contributed by atoms with E-state index < -0.39 is 24.2 Å². The van der Waals surface area contributed by atoms with Gasteiger partial charge in [-0.2, -0.15) is 13.2 Å². The number of halogens is 3. The number of nitrogens with zero attached hydrogens (tertiary/aromatic N) is 1. The van der Waals surface area contributed by atoms with Crippen LogP contribution in [0.5, 0.6) is 0 Å². The summed E-state index contributed by atoms with van der Waals surface area (Å²) in [5.41, 5.74) is -0.389. The van der Waals surface area contributed by atoms with Gasteiger partial charge in [-0.25, -0.2) is 0 Å². The van der Waals surface area contributed by atoms with E-state index in [0.29, 0.717) is 45.3 Å². The Morgan fingerprint density at radius 1 is 1.26 bits per heavy atom. The maximum atomic E-state index is 13.1. The topological polar surface area (TPSA) is 49.8 Å². The molecule has 2 fully saturated rings. The molecule has 23 heavy (non-hydrogen) atoms. The number of ether oxygens (including phenoxy) is 1. The minimum atomic E-state index is -4.86. The Bertz CT molecular complexity index is 421. The van der Waals surface area contributed by atoms with Crippen LogP contribution in [-0.2, 0) is 9.53 Å². The van der Waals surface area contributed by atoms with Gasteiger partial charge in [0.25, 0.3) is 0 Å². The summed E-state index contributed by atoms with van der Waals surface area (Å²) in [6.07, 6.45) is -2.40. The Morgan fingerprint density at radius 2 is 1.87 bits per heavy atom. The van der Waals surface area contributed by atoms with Crippen LogP contribution < -0.4 is 0 Å². The first kappa shape index (κ1) is 18.5. The molecule has 1 saturated carbocycles. The van der Waals surface area contributed by atoms with Gasteiger partial charge in [0.2, 0.25) is 0 Å². The highest BCUT2D eigenvalue weighted by atomic mass is 19.4. The first-order chi connectivity index (χ1) is 10.7. The van der Waals surface area contributed by atoms with E-state index >= 15 is 0 Å². The molecule has 2 rings (SSSR count). The monoisotopic (exact) mass is 337 g/mol. The molecule has 1 N–H and O–H groups in total. The summed E-state index contributed by atoms with van der Waals surface area (Å²) >= 11 is 0. The largest absolute Gasteiger partial charge is 0.471 e. The van der Waals surface area contributed by atoms with Gasteiger partial charge < -0.3 is 14.7 Å². The summed E-state index contributed by atoms with van der Waals surface area (Å²) in [7, 11) is 0. The molecule has 1 aliphatic carbocycles. The molecule has 0 bridgehead atoms. The van der Waals surface area contributed by atoms with Crippen LogP contribution in [-0.4, -0.2) is 54.0 Å². The van der Waals surface area contributed by atoms with Crippen molar-refractivity contribution in [2.75, 3.05) is 19.8 Å². The third-order valence-corrected chi connectivity index (χ3v) is 5.61. The Morgan fingerprint density at radius 3 is 2.30 bits per heavy atom. The third-order valence-electron chi connectivity index (χ3n) is 5.61. The number of carbonyl (C=O) groups excluding carboxylic acids is 1. The van der Waals surface area contributed by atoms with Crippen molar-refractivity contribution in [3.63, 3.8) is 0 Å². The van der Waals surface area contributed by atoms with Gasteiger partial charge in [-0.3, -0.25) is 4.79 Å². The van der Waals surface area contributed by atoms with E-state index in [-0.39, 0.29) is 17.9 Å². The number of carbonyl (C=O) groups is 1. The minimum absolute atomic E-state index is 0.0526. The molecule has 1 saturated heterocycles. The van der Waals surface area contributed by atoms with Crippen LogP contribution in [0.3, 0.4) is 0 Å². The minimum Gasteiger partial charge on any atom is -0.396 e. The number of aliphatic hydroxyl groups is 1. The molecule has 2 aliphatic rings. The van der Waals surface area contributed by atoms with E-state index in [1.54, 1.807) is 0 Å². The molecular weight excluding hydrogens is 311 g/mol. The fourth-order valence-electron chi connectivity index (χ4n) is 3.95. The van der Waals surface area contributed by atoms with Gasteiger partial charge in [-0.05, 0) is 43.4 Å². The van der Waals surface area contributed by atoms with Crippen molar-refractivity contribution in [1.29, 1.82) is 0 Å². The van der Waals surface area contributed by atoms with Crippen molar-refractivity contribution in [2.24, 2.45) is 11.3 Å². The van der Waals surface area contributed by atoms with Crippen LogP contribution in [0.4, 0.5) is 13.2 Å². The standard InChI is InChI=1S/C16H26F3NO3/c1-11(2)15(10-21)6-3-13(9-15)20(14(22)16(17,18)19)12-4-7-23-8-5-12/h11-13,21H,3-10H2,1-2H3/t13-,15?/m1/s1. The van der Waals surface area contributed by atoms with Crippen molar-refractivity contribution in [3.05, 3.63) is 0 Å². The summed E-state index contributed by atoms with van der Waals surface area (Å²) < 4.78 is 44.4. The SMILES string of the molecule is CC(C)C1(CO)CC[C@@H](N(C(=O)C(F)(F)F)C2CCOCC2)C1. The molecule has 0 aromatic rings. The number of hydrogen-bond acceptors (Lipinski definition) is 3. The zero-order valence-electron chi connectivity index (χ0n) is 13.7. The second kappa shape index (κ2) is 6.97. The smallest absolute Gasteiger partial charge is 0.396 e. The molecule has 1 aliphatic heterocycles. The summed E-state index contributed by atoms with van der Waals surface area (Å²) in [5, 5.41) is 9.75. The second-order valence-corrected chi connectivity index (χ2v) is 7.13. The van der Waals surface area contributed by atoms with Crippen LogP contribution in [0.15, 0.2) is 0 Å².